The highest BCUT2D eigenvalue weighted by Gasteiger charge is 2.37. The molecule has 0 spiro atoms. The summed E-state index contributed by atoms with van der Waals surface area (Å²) >= 11 is 5.71. The van der Waals surface area contributed by atoms with Gasteiger partial charge in [-0.3, -0.25) is 9.59 Å². The minimum Gasteiger partial charge on any atom is -0.440 e. The fraction of sp³-hybridized carbons (Fsp3) is 0.412. The number of pyridine rings is 1. The fourth-order valence-electron chi connectivity index (χ4n) is 3.89. The standard InChI is InChI=1S/C17H18ClN3O3.ClH/c18-15-5-4-14(24-15)17(23)20-9-13-11-6-10(7-19-8-11)12-2-1-3-16(22)21(12)13;/h1-5,10-11,13,19H,6-9H2,(H,20,23);1H/t10-,11+,13+;/m1./s1. The van der Waals surface area contributed by atoms with Crippen molar-refractivity contribution in [1.82, 2.24) is 15.2 Å². The number of amides is 1. The van der Waals surface area contributed by atoms with E-state index in [0.29, 0.717) is 18.4 Å². The van der Waals surface area contributed by atoms with Crippen molar-refractivity contribution in [2.24, 2.45) is 5.92 Å². The zero-order valence-electron chi connectivity index (χ0n) is 13.4. The Kier molecular flexibility index (Phi) is 5.22. The molecule has 134 valence electrons. The van der Waals surface area contributed by atoms with Crippen LogP contribution in [-0.2, 0) is 0 Å². The number of nitrogens with zero attached hydrogens (tertiary/aromatic N) is 1. The smallest absolute Gasteiger partial charge is 0.287 e. The Hall–Kier alpha value is -1.76. The SMILES string of the molecule is Cl.O=C(NC[C@H]1[C@@H]2CNC[C@@H](C2)c2cccc(=O)n21)c1ccc(Cl)o1. The van der Waals surface area contributed by atoms with Crippen LogP contribution in [0, 0.1) is 5.92 Å². The highest BCUT2D eigenvalue weighted by molar-refractivity contribution is 6.29. The summed E-state index contributed by atoms with van der Waals surface area (Å²) in [5, 5.41) is 6.49. The molecule has 0 aromatic carbocycles. The molecule has 2 N–H and O–H groups in total. The monoisotopic (exact) mass is 383 g/mol. The van der Waals surface area contributed by atoms with E-state index in [4.69, 9.17) is 16.0 Å². The molecule has 8 heteroatoms. The Bertz CT molecular complexity index is 833. The minimum atomic E-state index is -0.321. The van der Waals surface area contributed by atoms with Gasteiger partial charge in [-0.25, -0.2) is 0 Å². The normalized spacial score (nSPS) is 24.1. The molecule has 0 unspecified atom stereocenters. The maximum Gasteiger partial charge on any atom is 0.287 e. The van der Waals surface area contributed by atoms with E-state index in [9.17, 15) is 9.59 Å². The molecule has 6 nitrogen and oxygen atoms in total. The van der Waals surface area contributed by atoms with E-state index in [-0.39, 0.29) is 40.9 Å². The second-order valence-corrected chi connectivity index (χ2v) is 6.76. The number of halogens is 2. The van der Waals surface area contributed by atoms with Crippen LogP contribution in [-0.4, -0.2) is 30.1 Å². The molecule has 25 heavy (non-hydrogen) atoms. The molecule has 2 aliphatic rings. The van der Waals surface area contributed by atoms with Crippen molar-refractivity contribution in [2.45, 2.75) is 18.4 Å². The summed E-state index contributed by atoms with van der Waals surface area (Å²) in [6.07, 6.45) is 1.03. The first-order valence-electron chi connectivity index (χ1n) is 8.09. The first kappa shape index (κ1) is 18.0. The average molecular weight is 384 g/mol. The molecular formula is C17H19Cl2N3O3. The summed E-state index contributed by atoms with van der Waals surface area (Å²) in [5.41, 5.74) is 1.04. The topological polar surface area (TPSA) is 76.3 Å². The van der Waals surface area contributed by atoms with E-state index in [2.05, 4.69) is 10.6 Å². The molecular weight excluding hydrogens is 365 g/mol. The second kappa shape index (κ2) is 7.23. The van der Waals surface area contributed by atoms with Crippen LogP contribution in [0.2, 0.25) is 5.22 Å². The number of carbonyl (C=O) groups is 1. The summed E-state index contributed by atoms with van der Waals surface area (Å²) in [6, 6.07) is 8.41. The largest absolute Gasteiger partial charge is 0.440 e. The van der Waals surface area contributed by atoms with Gasteiger partial charge in [-0.05, 0) is 42.1 Å². The van der Waals surface area contributed by atoms with E-state index in [1.165, 1.54) is 12.1 Å². The molecule has 0 aliphatic carbocycles. The van der Waals surface area contributed by atoms with E-state index < -0.39 is 0 Å². The van der Waals surface area contributed by atoms with Crippen molar-refractivity contribution in [3.8, 4) is 0 Å². The number of nitrogens with one attached hydrogen (secondary N) is 2. The lowest BCUT2D eigenvalue weighted by atomic mass is 9.79. The van der Waals surface area contributed by atoms with E-state index >= 15 is 0 Å². The maximum absolute atomic E-state index is 12.4. The predicted octanol–water partition coefficient (Wildman–Crippen LogP) is 2.19. The van der Waals surface area contributed by atoms with Crippen molar-refractivity contribution in [1.29, 1.82) is 0 Å². The van der Waals surface area contributed by atoms with Gasteiger partial charge in [-0.1, -0.05) is 6.07 Å². The highest BCUT2D eigenvalue weighted by atomic mass is 35.5. The van der Waals surface area contributed by atoms with Gasteiger partial charge in [-0.2, -0.15) is 0 Å². The number of furan rings is 1. The molecule has 1 fully saturated rings. The van der Waals surface area contributed by atoms with Gasteiger partial charge in [0.25, 0.3) is 11.5 Å². The van der Waals surface area contributed by atoms with Gasteiger partial charge in [0, 0.05) is 37.3 Å². The van der Waals surface area contributed by atoms with Crippen molar-refractivity contribution in [2.75, 3.05) is 19.6 Å². The molecule has 1 amide bonds. The zero-order valence-corrected chi connectivity index (χ0v) is 15.0. The third kappa shape index (κ3) is 3.34. The van der Waals surface area contributed by atoms with Gasteiger partial charge in [0.15, 0.2) is 11.0 Å². The van der Waals surface area contributed by atoms with Gasteiger partial charge in [0.05, 0.1) is 6.04 Å². The molecule has 1 saturated heterocycles. The molecule has 0 saturated carbocycles. The number of hydrogen-bond acceptors (Lipinski definition) is 4. The Morgan fingerprint density at radius 2 is 2.16 bits per heavy atom. The first-order valence-corrected chi connectivity index (χ1v) is 8.47. The summed E-state index contributed by atoms with van der Waals surface area (Å²) in [6.45, 7) is 2.13. The number of carbonyl (C=O) groups excluding carboxylic acids is 1. The van der Waals surface area contributed by atoms with Gasteiger partial charge in [0.1, 0.15) is 0 Å². The molecule has 3 atom stereocenters. The van der Waals surface area contributed by atoms with Crippen LogP contribution in [0.15, 0.2) is 39.5 Å². The first-order chi connectivity index (χ1) is 11.6. The Morgan fingerprint density at radius 1 is 1.32 bits per heavy atom. The lowest BCUT2D eigenvalue weighted by molar-refractivity contribution is 0.0904. The Balaban J connectivity index is 0.00000182. The zero-order chi connectivity index (χ0) is 16.7. The number of hydrogen-bond donors (Lipinski definition) is 2. The number of piperidine rings is 1. The van der Waals surface area contributed by atoms with Crippen LogP contribution in [0.25, 0.3) is 0 Å². The lowest BCUT2D eigenvalue weighted by Crippen LogP contribution is -2.50. The summed E-state index contributed by atoms with van der Waals surface area (Å²) in [5.74, 6) is 0.528. The number of rotatable bonds is 3. The second-order valence-electron chi connectivity index (χ2n) is 6.39. The van der Waals surface area contributed by atoms with Crippen molar-refractivity contribution >= 4 is 29.9 Å². The molecule has 2 aliphatic heterocycles. The average Bonchev–Trinajstić information content (AvgIpc) is 3.02. The number of aromatic nitrogens is 1. The molecule has 4 heterocycles. The fourth-order valence-corrected chi connectivity index (χ4v) is 4.03. The number of fused-ring (bicyclic) bond motifs is 4. The maximum atomic E-state index is 12.4. The highest BCUT2D eigenvalue weighted by Crippen LogP contribution is 2.38. The van der Waals surface area contributed by atoms with Gasteiger partial charge in [-0.15, -0.1) is 12.4 Å². The Labute approximate surface area is 155 Å². The van der Waals surface area contributed by atoms with E-state index in [1.807, 2.05) is 16.7 Å². The molecule has 2 bridgehead atoms. The summed E-state index contributed by atoms with van der Waals surface area (Å²) in [7, 11) is 0. The minimum absolute atomic E-state index is 0. The Morgan fingerprint density at radius 3 is 2.92 bits per heavy atom. The van der Waals surface area contributed by atoms with Crippen molar-refractivity contribution in [3.05, 3.63) is 57.4 Å². The van der Waals surface area contributed by atoms with Gasteiger partial charge >= 0.3 is 0 Å². The molecule has 0 radical (unpaired) electrons. The molecule has 2 aromatic rings. The van der Waals surface area contributed by atoms with Crippen LogP contribution in [0.3, 0.4) is 0 Å². The van der Waals surface area contributed by atoms with Crippen molar-refractivity contribution < 1.29 is 9.21 Å². The third-order valence-electron chi connectivity index (χ3n) is 4.97. The van der Waals surface area contributed by atoms with Crippen molar-refractivity contribution in [3.63, 3.8) is 0 Å². The van der Waals surface area contributed by atoms with Gasteiger partial charge in [0.2, 0.25) is 0 Å². The van der Waals surface area contributed by atoms with Crippen LogP contribution < -0.4 is 16.2 Å². The van der Waals surface area contributed by atoms with E-state index in [0.717, 1.165) is 25.2 Å². The van der Waals surface area contributed by atoms with Crippen LogP contribution >= 0.6 is 24.0 Å². The van der Waals surface area contributed by atoms with E-state index in [1.54, 1.807) is 6.07 Å². The van der Waals surface area contributed by atoms with Crippen LogP contribution in [0.4, 0.5) is 0 Å². The molecule has 2 aromatic heterocycles. The van der Waals surface area contributed by atoms with Crippen LogP contribution in [0.5, 0.6) is 0 Å². The molecule has 4 rings (SSSR count). The van der Waals surface area contributed by atoms with Gasteiger partial charge < -0.3 is 19.6 Å². The quantitative estimate of drug-likeness (QED) is 0.851. The third-order valence-corrected chi connectivity index (χ3v) is 5.17. The summed E-state index contributed by atoms with van der Waals surface area (Å²) in [4.78, 5) is 24.6. The van der Waals surface area contributed by atoms with Crippen LogP contribution in [0.1, 0.15) is 34.6 Å². The lowest BCUT2D eigenvalue weighted by Gasteiger charge is -2.43. The predicted molar refractivity (Wildman–Crippen MR) is 96.8 cm³/mol. The summed E-state index contributed by atoms with van der Waals surface area (Å²) < 4.78 is 6.99.